The molecule has 1 aromatic heterocycles. The largest absolute Gasteiger partial charge is 0.448 e. The molecule has 0 unspecified atom stereocenters. The van der Waals surface area contributed by atoms with E-state index in [0.717, 1.165) is 6.39 Å². The molecule has 9 heteroatoms. The highest BCUT2D eigenvalue weighted by molar-refractivity contribution is 7.80. The summed E-state index contributed by atoms with van der Waals surface area (Å²) in [6.45, 7) is 1.53. The zero-order valence-electron chi connectivity index (χ0n) is 10.3. The van der Waals surface area contributed by atoms with Crippen molar-refractivity contribution in [3.63, 3.8) is 0 Å². The van der Waals surface area contributed by atoms with E-state index in [1.807, 2.05) is 0 Å². The molecule has 1 aromatic rings. The van der Waals surface area contributed by atoms with E-state index in [0.29, 0.717) is 24.7 Å². The Labute approximate surface area is 114 Å². The fourth-order valence-corrected chi connectivity index (χ4v) is 1.46. The summed E-state index contributed by atoms with van der Waals surface area (Å²) in [5, 5.41) is 9.15. The predicted octanol–water partition coefficient (Wildman–Crippen LogP) is 0.919. The fourth-order valence-electron chi connectivity index (χ4n) is 1.36. The van der Waals surface area contributed by atoms with Crippen molar-refractivity contribution < 1.29 is 17.6 Å². The number of rotatable bonds is 6. The van der Waals surface area contributed by atoms with E-state index in [1.165, 1.54) is 0 Å². The molecule has 0 amide bonds. The lowest BCUT2D eigenvalue weighted by Crippen LogP contribution is -2.37. The van der Waals surface area contributed by atoms with Crippen molar-refractivity contribution in [2.45, 2.75) is 12.6 Å². The summed E-state index contributed by atoms with van der Waals surface area (Å²) in [4.78, 5) is 3.18. The van der Waals surface area contributed by atoms with Crippen LogP contribution in [0.2, 0.25) is 0 Å². The maximum Gasteiger partial charge on any atom is 0.436 e. The molecule has 0 atom stereocenters. The van der Waals surface area contributed by atoms with Gasteiger partial charge in [-0.1, -0.05) is 0 Å². The third kappa shape index (κ3) is 5.43. The van der Waals surface area contributed by atoms with Gasteiger partial charge in [-0.15, -0.1) is 0 Å². The van der Waals surface area contributed by atoms with Crippen LogP contribution >= 0.6 is 12.2 Å². The van der Waals surface area contributed by atoms with Gasteiger partial charge < -0.3 is 20.4 Å². The van der Waals surface area contributed by atoms with Crippen LogP contribution in [-0.4, -0.2) is 36.8 Å². The van der Waals surface area contributed by atoms with Crippen LogP contribution in [0.25, 0.3) is 0 Å². The topological polar surface area (TPSA) is 62.1 Å². The molecule has 0 aliphatic rings. The Bertz CT molecular complexity index is 408. The van der Waals surface area contributed by atoms with Crippen LogP contribution in [-0.2, 0) is 12.6 Å². The van der Waals surface area contributed by atoms with Crippen molar-refractivity contribution >= 4 is 17.3 Å². The number of nitrogens with one attached hydrogen (secondary N) is 3. The molecular formula is C10H15F3N4OS. The summed E-state index contributed by atoms with van der Waals surface area (Å²) in [6, 6.07) is 0. The first-order chi connectivity index (χ1) is 8.95. The van der Waals surface area contributed by atoms with Crippen molar-refractivity contribution in [1.82, 2.24) is 20.9 Å². The molecule has 0 aliphatic carbocycles. The van der Waals surface area contributed by atoms with Crippen LogP contribution in [0, 0.1) is 0 Å². The summed E-state index contributed by atoms with van der Waals surface area (Å²) in [5.74, 6) is -0.154. The van der Waals surface area contributed by atoms with Gasteiger partial charge in [-0.2, -0.15) is 13.2 Å². The molecule has 3 N–H and O–H groups in total. The van der Waals surface area contributed by atoms with E-state index in [2.05, 4.69) is 20.9 Å². The van der Waals surface area contributed by atoms with Gasteiger partial charge in [-0.3, -0.25) is 0 Å². The molecule has 5 nitrogen and oxygen atoms in total. The first-order valence-corrected chi connectivity index (χ1v) is 6.02. The Morgan fingerprint density at radius 2 is 2.11 bits per heavy atom. The van der Waals surface area contributed by atoms with E-state index in [1.54, 1.807) is 7.05 Å². The summed E-state index contributed by atoms with van der Waals surface area (Å²) in [7, 11) is 1.70. The lowest BCUT2D eigenvalue weighted by Gasteiger charge is -2.08. The Balaban J connectivity index is 2.23. The number of aromatic nitrogens is 1. The molecule has 0 saturated carbocycles. The normalized spacial score (nSPS) is 11.4. The zero-order chi connectivity index (χ0) is 14.3. The van der Waals surface area contributed by atoms with Crippen molar-refractivity contribution in [3.05, 3.63) is 17.8 Å². The highest BCUT2D eigenvalue weighted by atomic mass is 32.1. The van der Waals surface area contributed by atoms with Gasteiger partial charge in [0.25, 0.3) is 0 Å². The summed E-state index contributed by atoms with van der Waals surface area (Å²) in [6.07, 6.45) is -3.53. The monoisotopic (exact) mass is 296 g/mol. The van der Waals surface area contributed by atoms with Crippen LogP contribution < -0.4 is 16.0 Å². The summed E-state index contributed by atoms with van der Waals surface area (Å²) < 4.78 is 42.1. The molecule has 0 aliphatic heterocycles. The number of hydrogen-bond acceptors (Lipinski definition) is 4. The molecule has 0 bridgehead atoms. The third-order valence-corrected chi connectivity index (χ3v) is 2.60. The maximum absolute atomic E-state index is 12.5. The Kier molecular flexibility index (Phi) is 6.03. The minimum Gasteiger partial charge on any atom is -0.448 e. The molecule has 19 heavy (non-hydrogen) atoms. The van der Waals surface area contributed by atoms with Gasteiger partial charge in [0.2, 0.25) is 0 Å². The fraction of sp³-hybridized carbons (Fsp3) is 0.600. The van der Waals surface area contributed by atoms with E-state index in [4.69, 9.17) is 16.6 Å². The number of halogens is 3. The van der Waals surface area contributed by atoms with E-state index in [-0.39, 0.29) is 12.2 Å². The molecule has 0 spiro atoms. The summed E-state index contributed by atoms with van der Waals surface area (Å²) >= 11 is 4.86. The van der Waals surface area contributed by atoms with Crippen LogP contribution in [0.1, 0.15) is 11.5 Å². The zero-order valence-corrected chi connectivity index (χ0v) is 11.1. The van der Waals surface area contributed by atoms with Crippen molar-refractivity contribution in [2.24, 2.45) is 0 Å². The molecule has 0 radical (unpaired) electrons. The van der Waals surface area contributed by atoms with Crippen LogP contribution in [0.15, 0.2) is 10.8 Å². The minimum absolute atomic E-state index is 0.130. The number of nitrogens with zero attached hydrogens (tertiary/aromatic N) is 1. The van der Waals surface area contributed by atoms with Gasteiger partial charge in [-0.05, 0) is 12.2 Å². The summed E-state index contributed by atoms with van der Waals surface area (Å²) in [5.41, 5.74) is -0.955. The lowest BCUT2D eigenvalue weighted by molar-refractivity contribution is -0.141. The SMILES string of the molecule is CNC(=S)NCCNCCc1ocnc1C(F)(F)F. The molecular weight excluding hydrogens is 281 g/mol. The average Bonchev–Trinajstić information content (AvgIpc) is 2.81. The van der Waals surface area contributed by atoms with Gasteiger partial charge in [0, 0.05) is 33.1 Å². The molecule has 0 aromatic carbocycles. The average molecular weight is 296 g/mol. The van der Waals surface area contributed by atoms with Gasteiger partial charge in [0.05, 0.1) is 0 Å². The smallest absolute Gasteiger partial charge is 0.436 e. The third-order valence-electron chi connectivity index (χ3n) is 2.25. The number of thiocarbonyl (C=S) groups is 1. The molecule has 108 valence electrons. The predicted molar refractivity (Wildman–Crippen MR) is 67.7 cm³/mol. The maximum atomic E-state index is 12.5. The van der Waals surface area contributed by atoms with E-state index < -0.39 is 11.9 Å². The van der Waals surface area contributed by atoms with Crippen LogP contribution in [0.3, 0.4) is 0 Å². The number of hydrogen-bond donors (Lipinski definition) is 3. The van der Waals surface area contributed by atoms with Gasteiger partial charge in [0.1, 0.15) is 5.76 Å². The highest BCUT2D eigenvalue weighted by Gasteiger charge is 2.37. The quantitative estimate of drug-likeness (QED) is 0.536. The van der Waals surface area contributed by atoms with Gasteiger partial charge in [0.15, 0.2) is 17.2 Å². The number of oxazole rings is 1. The van der Waals surface area contributed by atoms with E-state index >= 15 is 0 Å². The van der Waals surface area contributed by atoms with Crippen molar-refractivity contribution in [1.29, 1.82) is 0 Å². The standard InChI is InChI=1S/C10H15F3N4OS/c1-14-9(19)16-5-4-15-3-2-7-8(10(11,12)13)17-6-18-7/h6,15H,2-5H2,1H3,(H2,14,16,19). The van der Waals surface area contributed by atoms with Gasteiger partial charge in [-0.25, -0.2) is 4.98 Å². The van der Waals surface area contributed by atoms with Crippen LogP contribution in [0.5, 0.6) is 0 Å². The number of alkyl halides is 3. The molecule has 1 heterocycles. The Morgan fingerprint density at radius 1 is 1.37 bits per heavy atom. The van der Waals surface area contributed by atoms with Gasteiger partial charge >= 0.3 is 6.18 Å². The first-order valence-electron chi connectivity index (χ1n) is 5.61. The Morgan fingerprint density at radius 3 is 2.74 bits per heavy atom. The second-order valence-corrected chi connectivity index (χ2v) is 4.04. The first kappa shape index (κ1) is 15.7. The lowest BCUT2D eigenvalue weighted by atomic mass is 10.2. The van der Waals surface area contributed by atoms with Crippen molar-refractivity contribution in [2.75, 3.05) is 26.7 Å². The molecule has 0 saturated heterocycles. The second kappa shape index (κ2) is 7.29. The minimum atomic E-state index is -4.47. The second-order valence-electron chi connectivity index (χ2n) is 3.63. The van der Waals surface area contributed by atoms with Crippen molar-refractivity contribution in [3.8, 4) is 0 Å². The highest BCUT2D eigenvalue weighted by Crippen LogP contribution is 2.30. The van der Waals surface area contributed by atoms with Crippen LogP contribution in [0.4, 0.5) is 13.2 Å². The van der Waals surface area contributed by atoms with E-state index in [9.17, 15) is 13.2 Å². The molecule has 1 rings (SSSR count). The Hall–Kier alpha value is -1.35. The molecule has 0 fully saturated rings.